The van der Waals surface area contributed by atoms with E-state index < -0.39 is 0 Å². The molecule has 0 amide bonds. The predicted octanol–water partition coefficient (Wildman–Crippen LogP) is 5.03. The molecule has 0 aliphatic rings. The van der Waals surface area contributed by atoms with Crippen LogP contribution in [-0.4, -0.2) is 12.4 Å². The van der Waals surface area contributed by atoms with Gasteiger partial charge in [-0.25, -0.2) is 4.39 Å². The van der Waals surface area contributed by atoms with Gasteiger partial charge in [0.25, 0.3) is 0 Å². The zero-order chi connectivity index (χ0) is 14.3. The van der Waals surface area contributed by atoms with E-state index >= 15 is 0 Å². The van der Waals surface area contributed by atoms with Crippen LogP contribution in [0.2, 0.25) is 0 Å². The summed E-state index contributed by atoms with van der Waals surface area (Å²) in [6, 6.07) is 4.98. The summed E-state index contributed by atoms with van der Waals surface area (Å²) in [6.07, 6.45) is 4.33. The monoisotopic (exact) mass is 284 g/mol. The van der Waals surface area contributed by atoms with Crippen LogP contribution in [0.5, 0.6) is 5.75 Å². The Morgan fingerprint density at radius 2 is 1.84 bits per heavy atom. The van der Waals surface area contributed by atoms with Crippen molar-refractivity contribution >= 4 is 12.6 Å². The number of ether oxygens (including phenoxy) is 1. The summed E-state index contributed by atoms with van der Waals surface area (Å²) in [6.45, 7) is 6.82. The molecule has 0 N–H and O–H groups in total. The van der Waals surface area contributed by atoms with Gasteiger partial charge in [0.05, 0.1) is 6.61 Å². The minimum atomic E-state index is -0.285. The molecule has 0 spiro atoms. The summed E-state index contributed by atoms with van der Waals surface area (Å²) in [4.78, 5) is 0. The fourth-order valence-electron chi connectivity index (χ4n) is 2.49. The Morgan fingerprint density at radius 1 is 1.21 bits per heavy atom. The van der Waals surface area contributed by atoms with Gasteiger partial charge in [0.2, 0.25) is 0 Å². The summed E-state index contributed by atoms with van der Waals surface area (Å²) in [7, 11) is 0. The van der Waals surface area contributed by atoms with Gasteiger partial charge in [0.15, 0.2) is 11.6 Å². The standard InChI is InChI=1S/C16H25FOS/c1-4-8-16(12-19,9-5-2)11-18-15-10-13(3)6-7-14(15)17/h6-7,10,19H,4-5,8-9,11-12H2,1-3H3. The second kappa shape index (κ2) is 7.78. The number of hydrogen-bond acceptors (Lipinski definition) is 2. The molecular formula is C16H25FOS. The number of rotatable bonds is 8. The Labute approximate surface area is 122 Å². The fourth-order valence-corrected chi connectivity index (χ4v) is 2.89. The van der Waals surface area contributed by atoms with E-state index in [9.17, 15) is 4.39 Å². The summed E-state index contributed by atoms with van der Waals surface area (Å²) in [5.41, 5.74) is 1.07. The first kappa shape index (κ1) is 16.4. The molecule has 0 heterocycles. The summed E-state index contributed by atoms with van der Waals surface area (Å²) >= 11 is 4.49. The maximum absolute atomic E-state index is 13.7. The third-order valence-corrected chi connectivity index (χ3v) is 4.19. The van der Waals surface area contributed by atoms with Gasteiger partial charge in [0, 0.05) is 5.41 Å². The van der Waals surface area contributed by atoms with Gasteiger partial charge in [-0.3, -0.25) is 0 Å². The molecule has 1 aromatic rings. The highest BCUT2D eigenvalue weighted by molar-refractivity contribution is 7.80. The van der Waals surface area contributed by atoms with Gasteiger partial charge in [-0.2, -0.15) is 12.6 Å². The van der Waals surface area contributed by atoms with Crippen LogP contribution in [0.3, 0.4) is 0 Å². The number of halogens is 1. The van der Waals surface area contributed by atoms with Crippen molar-refractivity contribution in [3.8, 4) is 5.75 Å². The van der Waals surface area contributed by atoms with Crippen LogP contribution in [-0.2, 0) is 0 Å². The predicted molar refractivity (Wildman–Crippen MR) is 82.7 cm³/mol. The van der Waals surface area contributed by atoms with Crippen LogP contribution in [0.25, 0.3) is 0 Å². The van der Waals surface area contributed by atoms with Gasteiger partial charge in [-0.1, -0.05) is 32.8 Å². The van der Waals surface area contributed by atoms with Crippen molar-refractivity contribution in [1.29, 1.82) is 0 Å². The smallest absolute Gasteiger partial charge is 0.165 e. The van der Waals surface area contributed by atoms with Crippen molar-refractivity contribution in [2.75, 3.05) is 12.4 Å². The number of aryl methyl sites for hydroxylation is 1. The van der Waals surface area contributed by atoms with Crippen molar-refractivity contribution < 1.29 is 9.13 Å². The van der Waals surface area contributed by atoms with E-state index in [2.05, 4.69) is 26.5 Å². The van der Waals surface area contributed by atoms with E-state index in [-0.39, 0.29) is 11.2 Å². The first-order valence-corrected chi connectivity index (χ1v) is 7.70. The summed E-state index contributed by atoms with van der Waals surface area (Å²) in [5, 5.41) is 0. The number of hydrogen-bond donors (Lipinski definition) is 1. The van der Waals surface area contributed by atoms with Gasteiger partial charge >= 0.3 is 0 Å². The lowest BCUT2D eigenvalue weighted by molar-refractivity contribution is 0.139. The van der Waals surface area contributed by atoms with E-state index in [1.54, 1.807) is 12.1 Å². The van der Waals surface area contributed by atoms with E-state index in [1.165, 1.54) is 6.07 Å². The third kappa shape index (κ3) is 4.72. The Balaban J connectivity index is 2.77. The van der Waals surface area contributed by atoms with Crippen LogP contribution in [0.15, 0.2) is 18.2 Å². The Morgan fingerprint density at radius 3 is 2.37 bits per heavy atom. The molecule has 0 unspecified atom stereocenters. The van der Waals surface area contributed by atoms with Gasteiger partial charge in [-0.15, -0.1) is 0 Å². The molecule has 0 aliphatic carbocycles. The first-order valence-electron chi connectivity index (χ1n) is 7.06. The lowest BCUT2D eigenvalue weighted by atomic mass is 9.82. The third-order valence-electron chi connectivity index (χ3n) is 3.52. The van der Waals surface area contributed by atoms with E-state index in [1.807, 2.05) is 6.92 Å². The molecule has 19 heavy (non-hydrogen) atoms. The average molecular weight is 284 g/mol. The quantitative estimate of drug-likeness (QED) is 0.659. The topological polar surface area (TPSA) is 9.23 Å². The molecule has 3 heteroatoms. The zero-order valence-corrected chi connectivity index (χ0v) is 13.1. The lowest BCUT2D eigenvalue weighted by Gasteiger charge is -2.31. The molecule has 0 saturated carbocycles. The number of thiol groups is 1. The molecule has 1 nitrogen and oxygen atoms in total. The molecular weight excluding hydrogens is 259 g/mol. The minimum absolute atomic E-state index is 0.0583. The largest absolute Gasteiger partial charge is 0.490 e. The highest BCUT2D eigenvalue weighted by atomic mass is 32.1. The van der Waals surface area contributed by atoms with Crippen LogP contribution in [0, 0.1) is 18.2 Å². The Bertz CT molecular complexity index is 386. The van der Waals surface area contributed by atoms with Gasteiger partial charge < -0.3 is 4.74 Å². The Hall–Kier alpha value is -0.700. The first-order chi connectivity index (χ1) is 9.06. The van der Waals surface area contributed by atoms with Crippen LogP contribution >= 0.6 is 12.6 Å². The van der Waals surface area contributed by atoms with Gasteiger partial charge in [0.1, 0.15) is 0 Å². The molecule has 0 radical (unpaired) electrons. The van der Waals surface area contributed by atoms with Crippen LogP contribution < -0.4 is 4.74 Å². The van der Waals surface area contributed by atoms with Crippen molar-refractivity contribution in [3.05, 3.63) is 29.6 Å². The average Bonchev–Trinajstić information content (AvgIpc) is 2.40. The molecule has 0 atom stereocenters. The summed E-state index contributed by atoms with van der Waals surface area (Å²) in [5.74, 6) is 0.854. The highest BCUT2D eigenvalue weighted by Crippen LogP contribution is 2.32. The highest BCUT2D eigenvalue weighted by Gasteiger charge is 2.28. The maximum atomic E-state index is 13.7. The SMILES string of the molecule is CCCC(CS)(CCC)COc1cc(C)ccc1F. The molecule has 0 bridgehead atoms. The molecule has 108 valence electrons. The van der Waals surface area contributed by atoms with E-state index in [4.69, 9.17) is 4.74 Å². The lowest BCUT2D eigenvalue weighted by Crippen LogP contribution is -2.30. The molecule has 0 aromatic heterocycles. The normalized spacial score (nSPS) is 11.6. The molecule has 0 fully saturated rings. The zero-order valence-electron chi connectivity index (χ0n) is 12.2. The molecule has 1 rings (SSSR count). The Kier molecular flexibility index (Phi) is 6.70. The number of benzene rings is 1. The van der Waals surface area contributed by atoms with Crippen LogP contribution in [0.1, 0.15) is 45.1 Å². The van der Waals surface area contributed by atoms with Crippen LogP contribution in [0.4, 0.5) is 4.39 Å². The second-order valence-corrected chi connectivity index (χ2v) is 5.70. The molecule has 0 saturated heterocycles. The van der Waals surface area contributed by atoms with Crippen molar-refractivity contribution in [2.24, 2.45) is 5.41 Å². The van der Waals surface area contributed by atoms with E-state index in [0.29, 0.717) is 12.4 Å². The molecule has 0 aliphatic heterocycles. The summed E-state index contributed by atoms with van der Waals surface area (Å²) < 4.78 is 19.4. The maximum Gasteiger partial charge on any atom is 0.165 e. The van der Waals surface area contributed by atoms with E-state index in [0.717, 1.165) is 37.0 Å². The van der Waals surface area contributed by atoms with Gasteiger partial charge in [-0.05, 0) is 43.2 Å². The minimum Gasteiger partial charge on any atom is -0.490 e. The van der Waals surface area contributed by atoms with Crippen molar-refractivity contribution in [2.45, 2.75) is 46.5 Å². The van der Waals surface area contributed by atoms with Crippen molar-refractivity contribution in [1.82, 2.24) is 0 Å². The fraction of sp³-hybridized carbons (Fsp3) is 0.625. The molecule has 1 aromatic carbocycles. The second-order valence-electron chi connectivity index (χ2n) is 5.38. The van der Waals surface area contributed by atoms with Crippen molar-refractivity contribution in [3.63, 3.8) is 0 Å².